The van der Waals surface area contributed by atoms with Gasteiger partial charge in [-0.25, -0.2) is 0 Å². The van der Waals surface area contributed by atoms with Gasteiger partial charge in [0.15, 0.2) is 0 Å². The molecule has 1 aromatic heterocycles. The third kappa shape index (κ3) is 5.07. The zero-order chi connectivity index (χ0) is 23.3. The molecule has 4 aromatic rings. The number of aromatic nitrogens is 1. The van der Waals surface area contributed by atoms with E-state index in [0.29, 0.717) is 0 Å². The topological polar surface area (TPSA) is 31.4 Å². The predicted molar refractivity (Wildman–Crippen MR) is 145 cm³/mol. The van der Waals surface area contributed by atoms with Crippen LogP contribution in [0.5, 0.6) is 0 Å². The van der Waals surface area contributed by atoms with Crippen LogP contribution < -0.4 is 10.2 Å². The van der Waals surface area contributed by atoms with Crippen LogP contribution in [0.1, 0.15) is 25.3 Å². The first-order valence-electron chi connectivity index (χ1n) is 12.5. The summed E-state index contributed by atoms with van der Waals surface area (Å²) in [4.78, 5) is 9.45. The van der Waals surface area contributed by atoms with Gasteiger partial charge < -0.3 is 15.1 Å². The third-order valence-corrected chi connectivity index (χ3v) is 6.86. The summed E-state index contributed by atoms with van der Waals surface area (Å²) < 4.78 is 0. The van der Waals surface area contributed by atoms with Gasteiger partial charge in [0.05, 0.1) is 5.52 Å². The van der Waals surface area contributed by atoms with E-state index in [1.807, 2.05) is 6.20 Å². The Labute approximate surface area is 203 Å². The second-order valence-corrected chi connectivity index (χ2v) is 9.35. The molecule has 2 heterocycles. The summed E-state index contributed by atoms with van der Waals surface area (Å²) in [7, 11) is 2.19. The third-order valence-electron chi connectivity index (χ3n) is 6.86. The Hall–Kier alpha value is -3.37. The normalized spacial score (nSPS) is 14.5. The van der Waals surface area contributed by atoms with Crippen molar-refractivity contribution in [3.63, 3.8) is 0 Å². The summed E-state index contributed by atoms with van der Waals surface area (Å²) in [5.74, 6) is 0. The fourth-order valence-electron chi connectivity index (χ4n) is 4.66. The number of pyridine rings is 1. The number of rotatable bonds is 7. The molecule has 34 heavy (non-hydrogen) atoms. The van der Waals surface area contributed by atoms with Gasteiger partial charge in [-0.3, -0.25) is 4.98 Å². The number of piperazine rings is 1. The van der Waals surface area contributed by atoms with Crippen LogP contribution in [0.2, 0.25) is 0 Å². The van der Waals surface area contributed by atoms with E-state index < -0.39 is 0 Å². The lowest BCUT2D eigenvalue weighted by atomic mass is 10.00. The highest BCUT2D eigenvalue weighted by atomic mass is 15.2. The molecule has 5 rings (SSSR count). The van der Waals surface area contributed by atoms with Crippen molar-refractivity contribution in [2.45, 2.75) is 26.2 Å². The Balaban J connectivity index is 1.36. The number of benzene rings is 3. The molecule has 0 radical (unpaired) electrons. The quantitative estimate of drug-likeness (QED) is 0.338. The molecule has 0 atom stereocenters. The maximum Gasteiger partial charge on any atom is 0.0723 e. The fourth-order valence-corrected chi connectivity index (χ4v) is 4.66. The van der Waals surface area contributed by atoms with E-state index in [4.69, 9.17) is 0 Å². The standard InChI is InChI=1S/C30H34N4/c1-3-4-5-23-6-8-24(9-7-23)25-10-15-29-28(22-25)30(16-17-31-29)32-26-11-13-27(14-12-26)34-20-18-33(2)19-21-34/h6-17,22H,3-5,18-21H2,1-2H3,(H,31,32). The Kier molecular flexibility index (Phi) is 6.77. The summed E-state index contributed by atoms with van der Waals surface area (Å²) in [6.45, 7) is 6.64. The van der Waals surface area contributed by atoms with E-state index in [2.05, 4.69) is 107 Å². The van der Waals surface area contributed by atoms with Gasteiger partial charge >= 0.3 is 0 Å². The maximum absolute atomic E-state index is 4.60. The molecule has 0 spiro atoms. The lowest BCUT2D eigenvalue weighted by molar-refractivity contribution is 0.313. The molecular weight excluding hydrogens is 416 g/mol. The van der Waals surface area contributed by atoms with Crippen LogP contribution in [0.15, 0.2) is 79.0 Å². The van der Waals surface area contributed by atoms with Gasteiger partial charge in [0, 0.05) is 54.8 Å². The van der Waals surface area contributed by atoms with Crippen molar-refractivity contribution >= 4 is 28.0 Å². The minimum absolute atomic E-state index is 1.00. The summed E-state index contributed by atoms with van der Waals surface area (Å²) >= 11 is 0. The molecule has 1 saturated heterocycles. The van der Waals surface area contributed by atoms with Crippen molar-refractivity contribution < 1.29 is 0 Å². The zero-order valence-electron chi connectivity index (χ0n) is 20.3. The SMILES string of the molecule is CCCCc1ccc(-c2ccc3nccc(Nc4ccc(N5CCN(C)CC5)cc4)c3c2)cc1. The fraction of sp³-hybridized carbons (Fsp3) is 0.300. The molecule has 1 aliphatic heterocycles. The van der Waals surface area contributed by atoms with E-state index in [0.717, 1.165) is 54.9 Å². The molecule has 3 aromatic carbocycles. The second-order valence-electron chi connectivity index (χ2n) is 9.35. The van der Waals surface area contributed by atoms with Crippen LogP contribution >= 0.6 is 0 Å². The molecule has 0 amide bonds. The van der Waals surface area contributed by atoms with Crippen molar-refractivity contribution in [2.24, 2.45) is 0 Å². The average Bonchev–Trinajstić information content (AvgIpc) is 2.89. The summed E-state index contributed by atoms with van der Waals surface area (Å²) in [5, 5.41) is 4.77. The van der Waals surface area contributed by atoms with E-state index in [1.165, 1.54) is 35.2 Å². The van der Waals surface area contributed by atoms with Gasteiger partial charge in [-0.15, -0.1) is 0 Å². The lowest BCUT2D eigenvalue weighted by Gasteiger charge is -2.34. The summed E-state index contributed by atoms with van der Waals surface area (Å²) in [6, 6.07) is 26.4. The smallest absolute Gasteiger partial charge is 0.0723 e. The van der Waals surface area contributed by atoms with Crippen LogP contribution in [0.25, 0.3) is 22.0 Å². The van der Waals surface area contributed by atoms with Gasteiger partial charge in [-0.05, 0) is 79.0 Å². The Morgan fingerprint density at radius 3 is 2.29 bits per heavy atom. The number of hydrogen-bond donors (Lipinski definition) is 1. The van der Waals surface area contributed by atoms with Gasteiger partial charge in [0.2, 0.25) is 0 Å². The van der Waals surface area contributed by atoms with Crippen LogP contribution in [0.4, 0.5) is 17.1 Å². The molecule has 1 N–H and O–H groups in total. The molecule has 1 aliphatic rings. The highest BCUT2D eigenvalue weighted by Crippen LogP contribution is 2.31. The molecule has 4 heteroatoms. The molecule has 0 aliphatic carbocycles. The number of hydrogen-bond acceptors (Lipinski definition) is 4. The molecule has 0 unspecified atom stereocenters. The zero-order valence-corrected chi connectivity index (χ0v) is 20.3. The van der Waals surface area contributed by atoms with Crippen molar-refractivity contribution in [3.8, 4) is 11.1 Å². The molecule has 4 nitrogen and oxygen atoms in total. The maximum atomic E-state index is 4.60. The van der Waals surface area contributed by atoms with Gasteiger partial charge in [-0.2, -0.15) is 0 Å². The first-order chi connectivity index (χ1) is 16.7. The van der Waals surface area contributed by atoms with E-state index in [-0.39, 0.29) is 0 Å². The summed E-state index contributed by atoms with van der Waals surface area (Å²) in [5.41, 5.74) is 8.35. The number of nitrogens with one attached hydrogen (secondary N) is 1. The first kappa shape index (κ1) is 22.4. The van der Waals surface area contributed by atoms with E-state index in [9.17, 15) is 0 Å². The van der Waals surface area contributed by atoms with Gasteiger partial charge in [0.1, 0.15) is 0 Å². The minimum Gasteiger partial charge on any atom is -0.369 e. The Morgan fingerprint density at radius 2 is 1.56 bits per heavy atom. The van der Waals surface area contributed by atoms with Crippen LogP contribution in [-0.2, 0) is 6.42 Å². The van der Waals surface area contributed by atoms with Crippen LogP contribution in [0, 0.1) is 0 Å². The van der Waals surface area contributed by atoms with Gasteiger partial charge in [-0.1, -0.05) is 43.7 Å². The molecule has 0 saturated carbocycles. The van der Waals surface area contributed by atoms with E-state index in [1.54, 1.807) is 0 Å². The number of anilines is 3. The second kappa shape index (κ2) is 10.3. The Morgan fingerprint density at radius 1 is 0.824 bits per heavy atom. The van der Waals surface area contributed by atoms with Crippen molar-refractivity contribution in [1.29, 1.82) is 0 Å². The average molecular weight is 451 g/mol. The largest absolute Gasteiger partial charge is 0.369 e. The molecule has 1 fully saturated rings. The Bertz CT molecular complexity index is 1220. The lowest BCUT2D eigenvalue weighted by Crippen LogP contribution is -2.44. The highest BCUT2D eigenvalue weighted by Gasteiger charge is 2.14. The number of likely N-dealkylation sites (N-methyl/N-ethyl adjacent to an activating group) is 1. The minimum atomic E-state index is 1.00. The van der Waals surface area contributed by atoms with Crippen LogP contribution in [-0.4, -0.2) is 43.1 Å². The van der Waals surface area contributed by atoms with Crippen LogP contribution in [0.3, 0.4) is 0 Å². The van der Waals surface area contributed by atoms with Gasteiger partial charge in [0.25, 0.3) is 0 Å². The van der Waals surface area contributed by atoms with E-state index >= 15 is 0 Å². The predicted octanol–water partition coefficient (Wildman–Crippen LogP) is 6.74. The van der Waals surface area contributed by atoms with Crippen molar-refractivity contribution in [1.82, 2.24) is 9.88 Å². The first-order valence-corrected chi connectivity index (χ1v) is 12.5. The number of unbranched alkanes of at least 4 members (excludes halogenated alkanes) is 1. The monoisotopic (exact) mass is 450 g/mol. The number of nitrogens with zero attached hydrogens (tertiary/aromatic N) is 3. The van der Waals surface area contributed by atoms with Crippen molar-refractivity contribution in [3.05, 3.63) is 84.6 Å². The number of fused-ring (bicyclic) bond motifs is 1. The summed E-state index contributed by atoms with van der Waals surface area (Å²) in [6.07, 6.45) is 5.51. The highest BCUT2D eigenvalue weighted by molar-refractivity contribution is 5.95. The van der Waals surface area contributed by atoms with Crippen molar-refractivity contribution in [2.75, 3.05) is 43.4 Å². The molecule has 174 valence electrons. The molecule has 0 bridgehead atoms. The number of aryl methyl sites for hydroxylation is 1. The molecular formula is C30H34N4.